The Morgan fingerprint density at radius 1 is 1.12 bits per heavy atom. The summed E-state index contributed by atoms with van der Waals surface area (Å²) in [6.45, 7) is 5.80. The molecule has 0 atom stereocenters. The Morgan fingerprint density at radius 2 is 1.73 bits per heavy atom. The van der Waals surface area contributed by atoms with Crippen molar-refractivity contribution in [2.45, 2.75) is 25.7 Å². The fraction of sp³-hybridized carbons (Fsp3) is 0.526. The highest BCUT2D eigenvalue weighted by Crippen LogP contribution is 2.41. The van der Waals surface area contributed by atoms with E-state index in [4.69, 9.17) is 4.74 Å². The Labute approximate surface area is 153 Å². The summed E-state index contributed by atoms with van der Waals surface area (Å²) in [5.74, 6) is 0.0971. The van der Waals surface area contributed by atoms with E-state index in [0.29, 0.717) is 32.6 Å². The first-order valence-corrected chi connectivity index (χ1v) is 8.78. The van der Waals surface area contributed by atoms with Gasteiger partial charge in [-0.1, -0.05) is 12.1 Å². The van der Waals surface area contributed by atoms with Crippen LogP contribution in [0.4, 0.5) is 10.5 Å². The van der Waals surface area contributed by atoms with Crippen molar-refractivity contribution in [2.75, 3.05) is 45.2 Å². The number of rotatable bonds is 2. The quantitative estimate of drug-likeness (QED) is 0.800. The minimum atomic E-state index is -0.574. The summed E-state index contributed by atoms with van der Waals surface area (Å²) in [7, 11) is 3.14. The fourth-order valence-electron chi connectivity index (χ4n) is 3.68. The molecule has 1 aromatic carbocycles. The second-order valence-electron chi connectivity index (χ2n) is 7.36. The molecule has 0 aliphatic carbocycles. The molecule has 0 saturated carbocycles. The van der Waals surface area contributed by atoms with Crippen LogP contribution in [0.25, 0.3) is 0 Å². The van der Waals surface area contributed by atoms with E-state index >= 15 is 0 Å². The standard InChI is InChI=1S/C19H25N3O4/c1-19(2)14-11-13(5-6-15(14)20(3)17(19)24)12-16(23)21-7-9-22(10-8-21)18(25)26-4/h5-6,11H,7-10,12H2,1-4H3. The zero-order chi connectivity index (χ0) is 19.1. The summed E-state index contributed by atoms with van der Waals surface area (Å²) in [6, 6.07) is 5.80. The molecule has 0 spiro atoms. The van der Waals surface area contributed by atoms with Gasteiger partial charge in [-0.3, -0.25) is 9.59 Å². The highest BCUT2D eigenvalue weighted by Gasteiger charge is 2.42. The molecule has 2 aliphatic heterocycles. The van der Waals surface area contributed by atoms with Crippen molar-refractivity contribution in [3.8, 4) is 0 Å². The molecule has 26 heavy (non-hydrogen) atoms. The number of amides is 3. The number of hydrogen-bond acceptors (Lipinski definition) is 4. The van der Waals surface area contributed by atoms with E-state index < -0.39 is 5.41 Å². The maximum absolute atomic E-state index is 12.6. The van der Waals surface area contributed by atoms with Crippen LogP contribution < -0.4 is 4.90 Å². The fourth-order valence-corrected chi connectivity index (χ4v) is 3.68. The number of anilines is 1. The van der Waals surface area contributed by atoms with Gasteiger partial charge in [0.05, 0.1) is 18.9 Å². The van der Waals surface area contributed by atoms with Gasteiger partial charge in [0.2, 0.25) is 11.8 Å². The minimum absolute atomic E-state index is 0.0324. The highest BCUT2D eigenvalue weighted by atomic mass is 16.5. The van der Waals surface area contributed by atoms with Crippen LogP contribution in [0.15, 0.2) is 18.2 Å². The Kier molecular flexibility index (Phi) is 4.64. The van der Waals surface area contributed by atoms with Crippen molar-refractivity contribution in [3.63, 3.8) is 0 Å². The summed E-state index contributed by atoms with van der Waals surface area (Å²) < 4.78 is 4.71. The third kappa shape index (κ3) is 3.02. The molecule has 0 unspecified atom stereocenters. The highest BCUT2D eigenvalue weighted by molar-refractivity contribution is 6.07. The van der Waals surface area contributed by atoms with E-state index in [1.807, 2.05) is 32.0 Å². The van der Waals surface area contributed by atoms with E-state index in [1.165, 1.54) is 7.11 Å². The molecular weight excluding hydrogens is 334 g/mol. The molecule has 7 heteroatoms. The van der Waals surface area contributed by atoms with Gasteiger partial charge in [-0.2, -0.15) is 0 Å². The number of carbonyl (C=O) groups excluding carboxylic acids is 3. The van der Waals surface area contributed by atoms with Crippen molar-refractivity contribution in [1.82, 2.24) is 9.80 Å². The van der Waals surface area contributed by atoms with Crippen LogP contribution in [0.3, 0.4) is 0 Å². The minimum Gasteiger partial charge on any atom is -0.453 e. The molecule has 0 N–H and O–H groups in total. The molecule has 0 aromatic heterocycles. The van der Waals surface area contributed by atoms with Crippen LogP contribution >= 0.6 is 0 Å². The van der Waals surface area contributed by atoms with Gasteiger partial charge in [-0.25, -0.2) is 4.79 Å². The number of ether oxygens (including phenoxy) is 1. The van der Waals surface area contributed by atoms with E-state index in [-0.39, 0.29) is 17.9 Å². The summed E-state index contributed by atoms with van der Waals surface area (Å²) >= 11 is 0. The molecule has 140 valence electrons. The van der Waals surface area contributed by atoms with Gasteiger partial charge in [0, 0.05) is 38.9 Å². The van der Waals surface area contributed by atoms with E-state index in [0.717, 1.165) is 16.8 Å². The van der Waals surface area contributed by atoms with Crippen molar-refractivity contribution < 1.29 is 19.1 Å². The zero-order valence-corrected chi connectivity index (χ0v) is 15.7. The van der Waals surface area contributed by atoms with Crippen molar-refractivity contribution in [2.24, 2.45) is 0 Å². The van der Waals surface area contributed by atoms with Gasteiger partial charge in [0.1, 0.15) is 0 Å². The van der Waals surface area contributed by atoms with Crippen LogP contribution in [0, 0.1) is 0 Å². The van der Waals surface area contributed by atoms with Crippen LogP contribution in [-0.4, -0.2) is 68.0 Å². The van der Waals surface area contributed by atoms with Gasteiger partial charge in [0.25, 0.3) is 0 Å². The normalized spacial score (nSPS) is 18.8. The molecule has 1 aromatic rings. The molecular formula is C19H25N3O4. The first-order valence-electron chi connectivity index (χ1n) is 8.78. The largest absolute Gasteiger partial charge is 0.453 e. The lowest BCUT2D eigenvalue weighted by Gasteiger charge is -2.34. The number of carbonyl (C=O) groups is 3. The Bertz CT molecular complexity index is 751. The molecule has 1 saturated heterocycles. The second-order valence-corrected chi connectivity index (χ2v) is 7.36. The SMILES string of the molecule is COC(=O)N1CCN(C(=O)Cc2ccc3c(c2)C(C)(C)C(=O)N3C)CC1. The average Bonchev–Trinajstić information content (AvgIpc) is 2.81. The Hall–Kier alpha value is -2.57. The monoisotopic (exact) mass is 359 g/mol. The Morgan fingerprint density at radius 3 is 2.35 bits per heavy atom. The number of nitrogens with zero attached hydrogens (tertiary/aromatic N) is 3. The lowest BCUT2D eigenvalue weighted by Crippen LogP contribution is -2.50. The van der Waals surface area contributed by atoms with E-state index in [1.54, 1.807) is 21.7 Å². The van der Waals surface area contributed by atoms with Crippen LogP contribution in [-0.2, 0) is 26.2 Å². The van der Waals surface area contributed by atoms with E-state index in [9.17, 15) is 14.4 Å². The van der Waals surface area contributed by atoms with Gasteiger partial charge >= 0.3 is 6.09 Å². The van der Waals surface area contributed by atoms with Gasteiger partial charge in [-0.15, -0.1) is 0 Å². The number of likely N-dealkylation sites (N-methyl/N-ethyl adjacent to an activating group) is 1. The van der Waals surface area contributed by atoms with E-state index in [2.05, 4.69) is 0 Å². The molecule has 0 bridgehead atoms. The number of benzene rings is 1. The van der Waals surface area contributed by atoms with Crippen LogP contribution in [0.1, 0.15) is 25.0 Å². The third-order valence-electron chi connectivity index (χ3n) is 5.36. The molecule has 1 fully saturated rings. The zero-order valence-electron chi connectivity index (χ0n) is 15.7. The molecule has 2 heterocycles. The van der Waals surface area contributed by atoms with Crippen LogP contribution in [0.2, 0.25) is 0 Å². The Balaban J connectivity index is 1.68. The first-order chi connectivity index (χ1) is 12.3. The molecule has 0 radical (unpaired) electrons. The average molecular weight is 359 g/mol. The predicted molar refractivity (Wildman–Crippen MR) is 97.1 cm³/mol. The number of hydrogen-bond donors (Lipinski definition) is 0. The van der Waals surface area contributed by atoms with Crippen molar-refractivity contribution in [1.29, 1.82) is 0 Å². The summed E-state index contributed by atoms with van der Waals surface area (Å²) in [6.07, 6.45) is -0.0637. The lowest BCUT2D eigenvalue weighted by atomic mass is 9.85. The predicted octanol–water partition coefficient (Wildman–Crippen LogP) is 1.39. The molecule has 7 nitrogen and oxygen atoms in total. The van der Waals surface area contributed by atoms with Gasteiger partial charge < -0.3 is 19.4 Å². The first kappa shape index (κ1) is 18.2. The van der Waals surface area contributed by atoms with Crippen molar-refractivity contribution in [3.05, 3.63) is 29.3 Å². The molecule has 3 rings (SSSR count). The van der Waals surface area contributed by atoms with Crippen molar-refractivity contribution >= 4 is 23.6 Å². The topological polar surface area (TPSA) is 70.2 Å². The maximum atomic E-state index is 12.6. The maximum Gasteiger partial charge on any atom is 0.409 e. The molecule has 3 amide bonds. The summed E-state index contributed by atoms with van der Waals surface area (Å²) in [5, 5.41) is 0. The number of methoxy groups -OCH3 is 1. The lowest BCUT2D eigenvalue weighted by molar-refractivity contribution is -0.132. The molecule has 2 aliphatic rings. The number of fused-ring (bicyclic) bond motifs is 1. The number of piperazine rings is 1. The smallest absolute Gasteiger partial charge is 0.409 e. The third-order valence-corrected chi connectivity index (χ3v) is 5.36. The summed E-state index contributed by atoms with van der Waals surface area (Å²) in [5.41, 5.74) is 2.20. The summed E-state index contributed by atoms with van der Waals surface area (Å²) in [4.78, 5) is 41.6. The van der Waals surface area contributed by atoms with Gasteiger partial charge in [0.15, 0.2) is 0 Å². The van der Waals surface area contributed by atoms with Crippen LogP contribution in [0.5, 0.6) is 0 Å². The second kappa shape index (κ2) is 6.63. The van der Waals surface area contributed by atoms with Gasteiger partial charge in [-0.05, 0) is 31.0 Å².